The fraction of sp³-hybridized carbons (Fsp3) is 0.120. The van der Waals surface area contributed by atoms with Crippen molar-refractivity contribution in [1.82, 2.24) is 24.9 Å². The Balaban J connectivity index is 1.44. The summed E-state index contributed by atoms with van der Waals surface area (Å²) in [4.78, 5) is 21.7. The first-order valence-electron chi connectivity index (χ1n) is 10.5. The number of nitrogens with zero attached hydrogens (tertiary/aromatic N) is 4. The molecule has 0 bridgehead atoms. The van der Waals surface area contributed by atoms with E-state index < -0.39 is 0 Å². The van der Waals surface area contributed by atoms with E-state index >= 15 is 0 Å². The fourth-order valence-electron chi connectivity index (χ4n) is 3.63. The average molecular weight is 441 g/mol. The monoisotopic (exact) mass is 441 g/mol. The highest BCUT2D eigenvalue weighted by atomic mass is 19.1. The normalized spacial score (nSPS) is 11.1. The third-order valence-electron chi connectivity index (χ3n) is 5.27. The largest absolute Gasteiger partial charge is 0.493 e. The Bertz CT molecular complexity index is 1460. The number of fused-ring (bicyclic) bond motifs is 2. The van der Waals surface area contributed by atoms with Gasteiger partial charge < -0.3 is 10.1 Å². The fourth-order valence-corrected chi connectivity index (χ4v) is 3.63. The molecular weight excluding hydrogens is 421 g/mol. The molecule has 0 saturated heterocycles. The number of nitrogens with one attached hydrogen (secondary N) is 1. The number of ether oxygens (including phenoxy) is 1. The molecule has 5 aromatic rings. The minimum atomic E-state index is -0.313. The van der Waals surface area contributed by atoms with Crippen molar-refractivity contribution >= 4 is 22.5 Å². The van der Waals surface area contributed by atoms with Crippen molar-refractivity contribution in [2.75, 3.05) is 6.61 Å². The highest BCUT2D eigenvalue weighted by molar-refractivity contribution is 5.99. The zero-order valence-electron chi connectivity index (χ0n) is 17.8. The smallest absolute Gasteiger partial charge is 0.251 e. The second kappa shape index (κ2) is 8.66. The second-order valence-electron chi connectivity index (χ2n) is 7.46. The molecule has 3 heterocycles. The van der Waals surface area contributed by atoms with Crippen LogP contribution in [0, 0.1) is 5.82 Å². The van der Waals surface area contributed by atoms with Crippen LogP contribution >= 0.6 is 0 Å². The molecule has 8 heteroatoms. The lowest BCUT2D eigenvalue weighted by atomic mass is 10.1. The van der Waals surface area contributed by atoms with Gasteiger partial charge >= 0.3 is 0 Å². The van der Waals surface area contributed by atoms with Crippen molar-refractivity contribution in [3.63, 3.8) is 0 Å². The minimum Gasteiger partial charge on any atom is -0.493 e. The van der Waals surface area contributed by atoms with Crippen LogP contribution in [0.25, 0.3) is 27.8 Å². The van der Waals surface area contributed by atoms with Crippen LogP contribution in [0.2, 0.25) is 0 Å². The molecule has 33 heavy (non-hydrogen) atoms. The van der Waals surface area contributed by atoms with Crippen LogP contribution in [0.5, 0.6) is 5.75 Å². The van der Waals surface area contributed by atoms with Crippen LogP contribution in [-0.2, 0) is 6.54 Å². The van der Waals surface area contributed by atoms with Crippen LogP contribution < -0.4 is 10.1 Å². The standard InChI is InChI=1S/C25H20FN5O2/c1-2-33-23-13-21(17-3-6-19(26)7-4-17)30-22-12-18(5-8-20(22)23)25(32)27-14-16-9-10-31-24(11-16)28-15-29-31/h3-13,15H,2,14H2,1H3,(H,27,32). The van der Waals surface area contributed by atoms with Crippen LogP contribution in [0.3, 0.4) is 0 Å². The van der Waals surface area contributed by atoms with Crippen LogP contribution in [0.1, 0.15) is 22.8 Å². The highest BCUT2D eigenvalue weighted by Gasteiger charge is 2.13. The molecule has 0 fully saturated rings. The summed E-state index contributed by atoms with van der Waals surface area (Å²) in [6, 6.07) is 17.0. The van der Waals surface area contributed by atoms with Crippen LogP contribution in [-0.4, -0.2) is 32.1 Å². The first kappa shape index (κ1) is 20.6. The van der Waals surface area contributed by atoms with Gasteiger partial charge in [0, 0.05) is 35.3 Å². The first-order chi connectivity index (χ1) is 16.1. The topological polar surface area (TPSA) is 81.4 Å². The van der Waals surface area contributed by atoms with E-state index in [-0.39, 0.29) is 11.7 Å². The third kappa shape index (κ3) is 4.23. The number of rotatable bonds is 6. The summed E-state index contributed by atoms with van der Waals surface area (Å²) >= 11 is 0. The number of hydrogen-bond donors (Lipinski definition) is 1. The molecule has 0 spiro atoms. The van der Waals surface area contributed by atoms with Crippen molar-refractivity contribution in [3.8, 4) is 17.0 Å². The van der Waals surface area contributed by atoms with Crippen molar-refractivity contribution in [1.29, 1.82) is 0 Å². The summed E-state index contributed by atoms with van der Waals surface area (Å²) < 4.78 is 20.8. The van der Waals surface area contributed by atoms with E-state index in [1.807, 2.05) is 31.2 Å². The minimum absolute atomic E-state index is 0.217. The number of benzene rings is 2. The zero-order chi connectivity index (χ0) is 22.8. The molecule has 7 nitrogen and oxygen atoms in total. The molecule has 1 amide bonds. The van der Waals surface area contributed by atoms with E-state index in [1.165, 1.54) is 18.5 Å². The molecule has 0 aliphatic heterocycles. The number of pyridine rings is 2. The molecular formula is C25H20FN5O2. The third-order valence-corrected chi connectivity index (χ3v) is 5.27. The van der Waals surface area contributed by atoms with Crippen molar-refractivity contribution < 1.29 is 13.9 Å². The Morgan fingerprint density at radius 1 is 1.09 bits per heavy atom. The molecule has 164 valence electrons. The molecule has 1 N–H and O–H groups in total. The Kier molecular flexibility index (Phi) is 5.40. The van der Waals surface area contributed by atoms with Crippen molar-refractivity contribution in [3.05, 3.63) is 90.1 Å². The van der Waals surface area contributed by atoms with Gasteiger partial charge in [0.25, 0.3) is 5.91 Å². The van der Waals surface area contributed by atoms with E-state index in [9.17, 15) is 9.18 Å². The molecule has 0 radical (unpaired) electrons. The molecule has 0 aliphatic carbocycles. The van der Waals surface area contributed by atoms with E-state index in [1.54, 1.807) is 35.0 Å². The van der Waals surface area contributed by atoms with E-state index in [0.717, 1.165) is 16.5 Å². The lowest BCUT2D eigenvalue weighted by Crippen LogP contribution is -2.22. The number of amides is 1. The SMILES string of the molecule is CCOc1cc(-c2ccc(F)cc2)nc2cc(C(=O)NCc3ccn4ncnc4c3)ccc12. The molecule has 0 aliphatic rings. The number of carbonyl (C=O) groups excluding carboxylic acids is 1. The van der Waals surface area contributed by atoms with Gasteiger partial charge in [0.1, 0.15) is 17.9 Å². The van der Waals surface area contributed by atoms with Crippen LogP contribution in [0.15, 0.2) is 73.2 Å². The van der Waals surface area contributed by atoms with Crippen molar-refractivity contribution in [2.45, 2.75) is 13.5 Å². The van der Waals surface area contributed by atoms with Crippen molar-refractivity contribution in [2.24, 2.45) is 0 Å². The summed E-state index contributed by atoms with van der Waals surface area (Å²) in [7, 11) is 0. The summed E-state index contributed by atoms with van der Waals surface area (Å²) in [6.45, 7) is 2.75. The molecule has 3 aromatic heterocycles. The zero-order valence-corrected chi connectivity index (χ0v) is 17.8. The Hall–Kier alpha value is -4.33. The van der Waals surface area contributed by atoms with Gasteiger partial charge in [-0.2, -0.15) is 5.10 Å². The number of halogens is 1. The van der Waals surface area contributed by atoms with Gasteiger partial charge in [-0.05, 0) is 67.1 Å². The number of hydrogen-bond acceptors (Lipinski definition) is 5. The predicted molar refractivity (Wildman–Crippen MR) is 122 cm³/mol. The second-order valence-corrected chi connectivity index (χ2v) is 7.46. The maximum Gasteiger partial charge on any atom is 0.251 e. The Morgan fingerprint density at radius 2 is 1.94 bits per heavy atom. The van der Waals surface area contributed by atoms with Gasteiger partial charge in [0.15, 0.2) is 5.65 Å². The maximum absolute atomic E-state index is 13.4. The molecule has 0 unspecified atom stereocenters. The quantitative estimate of drug-likeness (QED) is 0.422. The highest BCUT2D eigenvalue weighted by Crippen LogP contribution is 2.31. The lowest BCUT2D eigenvalue weighted by Gasteiger charge is -2.12. The van der Waals surface area contributed by atoms with Gasteiger partial charge in [-0.25, -0.2) is 18.9 Å². The average Bonchev–Trinajstić information content (AvgIpc) is 3.30. The summed E-state index contributed by atoms with van der Waals surface area (Å²) in [6.07, 6.45) is 3.28. The summed E-state index contributed by atoms with van der Waals surface area (Å²) in [5, 5.41) is 7.80. The predicted octanol–water partition coefficient (Wildman–Crippen LogP) is 4.41. The number of carbonyl (C=O) groups is 1. The molecule has 5 rings (SSSR count). The molecule has 0 saturated carbocycles. The van der Waals surface area contributed by atoms with Gasteiger partial charge in [-0.1, -0.05) is 0 Å². The van der Waals surface area contributed by atoms with Crippen LogP contribution in [0.4, 0.5) is 4.39 Å². The molecule has 2 aromatic carbocycles. The Labute approximate surface area is 188 Å². The Morgan fingerprint density at radius 3 is 2.76 bits per heavy atom. The maximum atomic E-state index is 13.4. The summed E-state index contributed by atoms with van der Waals surface area (Å²) in [5.74, 6) is 0.132. The van der Waals surface area contributed by atoms with Gasteiger partial charge in [-0.3, -0.25) is 4.79 Å². The van der Waals surface area contributed by atoms with Gasteiger partial charge in [0.05, 0.1) is 17.8 Å². The van der Waals surface area contributed by atoms with Gasteiger partial charge in [-0.15, -0.1) is 0 Å². The van der Waals surface area contributed by atoms with E-state index in [4.69, 9.17) is 9.72 Å². The summed E-state index contributed by atoms with van der Waals surface area (Å²) in [5.41, 5.74) is 4.14. The molecule has 0 atom stereocenters. The van der Waals surface area contributed by atoms with E-state index in [2.05, 4.69) is 15.4 Å². The van der Waals surface area contributed by atoms with Gasteiger partial charge in [0.2, 0.25) is 0 Å². The number of aromatic nitrogens is 4. The van der Waals surface area contributed by atoms with E-state index in [0.29, 0.717) is 41.3 Å². The first-order valence-corrected chi connectivity index (χ1v) is 10.5. The lowest BCUT2D eigenvalue weighted by molar-refractivity contribution is 0.0951.